The lowest BCUT2D eigenvalue weighted by atomic mass is 10.2. The average Bonchev–Trinajstić information content (AvgIpc) is 2.38. The van der Waals surface area contributed by atoms with Gasteiger partial charge in [-0.15, -0.1) is 0 Å². The Morgan fingerprint density at radius 2 is 2.17 bits per heavy atom. The van der Waals surface area contributed by atoms with Gasteiger partial charge in [0, 0.05) is 18.0 Å². The van der Waals surface area contributed by atoms with Crippen molar-refractivity contribution >= 4 is 16.9 Å². The van der Waals surface area contributed by atoms with E-state index in [-0.39, 0.29) is 6.42 Å². The molecule has 0 fully saturated rings. The average molecular weight is 245 g/mol. The molecule has 0 atom stereocenters. The molecular weight excluding hydrogens is 230 g/mol. The van der Waals surface area contributed by atoms with E-state index in [1.807, 2.05) is 30.3 Å². The zero-order valence-electron chi connectivity index (χ0n) is 10.0. The Bertz CT molecular complexity index is 539. The van der Waals surface area contributed by atoms with Gasteiger partial charge in [0.1, 0.15) is 5.75 Å². The number of aliphatic carboxylic acids is 1. The molecule has 1 aromatic heterocycles. The molecule has 4 nitrogen and oxygen atoms in total. The number of hydrogen-bond acceptors (Lipinski definition) is 3. The minimum atomic E-state index is -0.758. The summed E-state index contributed by atoms with van der Waals surface area (Å²) in [4.78, 5) is 14.6. The number of pyridine rings is 1. The maximum Gasteiger partial charge on any atom is 0.303 e. The molecule has 18 heavy (non-hydrogen) atoms. The molecule has 0 radical (unpaired) electrons. The second kappa shape index (κ2) is 6.00. The third-order valence-corrected chi connectivity index (χ3v) is 2.63. The Morgan fingerprint density at radius 3 is 3.00 bits per heavy atom. The van der Waals surface area contributed by atoms with Gasteiger partial charge >= 0.3 is 5.97 Å². The minimum Gasteiger partial charge on any atom is -0.494 e. The van der Waals surface area contributed by atoms with Crippen molar-refractivity contribution < 1.29 is 14.6 Å². The fourth-order valence-corrected chi connectivity index (χ4v) is 1.71. The van der Waals surface area contributed by atoms with Crippen molar-refractivity contribution in [3.8, 4) is 5.75 Å². The Hall–Kier alpha value is -2.10. The van der Waals surface area contributed by atoms with Crippen LogP contribution in [0.5, 0.6) is 5.75 Å². The Labute approximate surface area is 105 Å². The van der Waals surface area contributed by atoms with Crippen molar-refractivity contribution in [2.24, 2.45) is 0 Å². The number of carboxylic acids is 1. The number of ether oxygens (including phenoxy) is 1. The van der Waals surface area contributed by atoms with Crippen molar-refractivity contribution in [2.75, 3.05) is 6.61 Å². The summed E-state index contributed by atoms with van der Waals surface area (Å²) in [7, 11) is 0. The predicted octanol–water partition coefficient (Wildman–Crippen LogP) is 2.87. The standard InChI is InChI=1S/C14H15NO3/c16-14(17)5-1-2-9-18-12-6-7-13-11(10-12)4-3-8-15-13/h3-4,6-8,10H,1-2,5,9H2,(H,16,17). The number of rotatable bonds is 6. The van der Waals surface area contributed by atoms with E-state index in [1.54, 1.807) is 6.20 Å². The first-order valence-electron chi connectivity index (χ1n) is 5.95. The molecular formula is C14H15NO3. The van der Waals surface area contributed by atoms with E-state index in [0.717, 1.165) is 23.1 Å². The van der Waals surface area contributed by atoms with Crippen LogP contribution in [0.3, 0.4) is 0 Å². The van der Waals surface area contributed by atoms with Crippen molar-refractivity contribution in [3.63, 3.8) is 0 Å². The van der Waals surface area contributed by atoms with Crippen molar-refractivity contribution in [3.05, 3.63) is 36.5 Å². The first kappa shape index (κ1) is 12.4. The lowest BCUT2D eigenvalue weighted by Crippen LogP contribution is -2.00. The van der Waals surface area contributed by atoms with Gasteiger partial charge < -0.3 is 9.84 Å². The number of nitrogens with zero attached hydrogens (tertiary/aromatic N) is 1. The summed E-state index contributed by atoms with van der Waals surface area (Å²) in [6, 6.07) is 9.62. The molecule has 1 heterocycles. The Morgan fingerprint density at radius 1 is 1.28 bits per heavy atom. The van der Waals surface area contributed by atoms with E-state index in [0.29, 0.717) is 13.0 Å². The van der Waals surface area contributed by atoms with Crippen LogP contribution in [0, 0.1) is 0 Å². The normalized spacial score (nSPS) is 10.4. The van der Waals surface area contributed by atoms with Gasteiger partial charge in [-0.3, -0.25) is 9.78 Å². The van der Waals surface area contributed by atoms with Crippen LogP contribution in [0.25, 0.3) is 10.9 Å². The van der Waals surface area contributed by atoms with E-state index < -0.39 is 5.97 Å². The van der Waals surface area contributed by atoms with Crippen LogP contribution in [0.15, 0.2) is 36.5 Å². The van der Waals surface area contributed by atoms with Crippen LogP contribution < -0.4 is 4.74 Å². The van der Waals surface area contributed by atoms with Gasteiger partial charge in [0.15, 0.2) is 0 Å². The summed E-state index contributed by atoms with van der Waals surface area (Å²) in [5, 5.41) is 9.54. The molecule has 0 saturated heterocycles. The van der Waals surface area contributed by atoms with Gasteiger partial charge in [-0.25, -0.2) is 0 Å². The quantitative estimate of drug-likeness (QED) is 0.795. The van der Waals surface area contributed by atoms with Crippen LogP contribution in [-0.2, 0) is 4.79 Å². The molecule has 0 bridgehead atoms. The number of carboxylic acid groups (broad SMARTS) is 1. The fourth-order valence-electron chi connectivity index (χ4n) is 1.71. The lowest BCUT2D eigenvalue weighted by molar-refractivity contribution is -0.137. The highest BCUT2D eigenvalue weighted by Crippen LogP contribution is 2.19. The minimum absolute atomic E-state index is 0.199. The Kier molecular flexibility index (Phi) is 4.12. The topological polar surface area (TPSA) is 59.4 Å². The van der Waals surface area contributed by atoms with Crippen LogP contribution >= 0.6 is 0 Å². The van der Waals surface area contributed by atoms with Crippen LogP contribution in [0.1, 0.15) is 19.3 Å². The number of benzene rings is 1. The third kappa shape index (κ3) is 3.45. The van der Waals surface area contributed by atoms with Gasteiger partial charge in [-0.1, -0.05) is 6.07 Å². The zero-order chi connectivity index (χ0) is 12.8. The lowest BCUT2D eigenvalue weighted by Gasteiger charge is -2.06. The molecule has 1 aromatic carbocycles. The molecule has 0 aliphatic heterocycles. The number of aromatic nitrogens is 1. The van der Waals surface area contributed by atoms with Gasteiger partial charge in [0.05, 0.1) is 12.1 Å². The summed E-state index contributed by atoms with van der Waals surface area (Å²) in [6.45, 7) is 0.541. The summed E-state index contributed by atoms with van der Waals surface area (Å²) in [5.41, 5.74) is 0.940. The fraction of sp³-hybridized carbons (Fsp3) is 0.286. The number of carbonyl (C=O) groups is 1. The molecule has 94 valence electrons. The summed E-state index contributed by atoms with van der Waals surface area (Å²) in [6.07, 6.45) is 3.35. The van der Waals surface area contributed by atoms with Crippen molar-refractivity contribution in [2.45, 2.75) is 19.3 Å². The second-order valence-electron chi connectivity index (χ2n) is 4.06. The molecule has 0 amide bonds. The highest BCUT2D eigenvalue weighted by molar-refractivity contribution is 5.79. The summed E-state index contributed by atoms with van der Waals surface area (Å²) >= 11 is 0. The van der Waals surface area contributed by atoms with E-state index in [4.69, 9.17) is 9.84 Å². The van der Waals surface area contributed by atoms with Crippen LogP contribution in [0.4, 0.5) is 0 Å². The SMILES string of the molecule is O=C(O)CCCCOc1ccc2ncccc2c1. The van der Waals surface area contributed by atoms with Crippen molar-refractivity contribution in [1.29, 1.82) is 0 Å². The maximum absolute atomic E-state index is 10.3. The molecule has 2 rings (SSSR count). The number of fused-ring (bicyclic) bond motifs is 1. The van der Waals surface area contributed by atoms with E-state index >= 15 is 0 Å². The van der Waals surface area contributed by atoms with Crippen LogP contribution in [-0.4, -0.2) is 22.7 Å². The van der Waals surface area contributed by atoms with Gasteiger partial charge in [0.25, 0.3) is 0 Å². The van der Waals surface area contributed by atoms with E-state index in [9.17, 15) is 4.79 Å². The van der Waals surface area contributed by atoms with Gasteiger partial charge in [-0.05, 0) is 37.1 Å². The molecule has 4 heteroatoms. The molecule has 0 aliphatic carbocycles. The largest absolute Gasteiger partial charge is 0.494 e. The summed E-state index contributed by atoms with van der Waals surface area (Å²) in [5.74, 6) is 0.0394. The van der Waals surface area contributed by atoms with E-state index in [2.05, 4.69) is 4.98 Å². The zero-order valence-corrected chi connectivity index (χ0v) is 10.0. The molecule has 0 unspecified atom stereocenters. The predicted molar refractivity (Wildman–Crippen MR) is 68.7 cm³/mol. The molecule has 0 spiro atoms. The summed E-state index contributed by atoms with van der Waals surface area (Å²) < 4.78 is 5.58. The van der Waals surface area contributed by atoms with Gasteiger partial charge in [-0.2, -0.15) is 0 Å². The smallest absolute Gasteiger partial charge is 0.303 e. The molecule has 0 aliphatic rings. The third-order valence-electron chi connectivity index (χ3n) is 2.63. The first-order valence-corrected chi connectivity index (χ1v) is 5.95. The molecule has 0 saturated carbocycles. The molecule has 2 aromatic rings. The molecule has 1 N–H and O–H groups in total. The highest BCUT2D eigenvalue weighted by atomic mass is 16.5. The van der Waals surface area contributed by atoms with Crippen LogP contribution in [0.2, 0.25) is 0 Å². The second-order valence-corrected chi connectivity index (χ2v) is 4.06. The number of unbranched alkanes of at least 4 members (excludes halogenated alkanes) is 1. The highest BCUT2D eigenvalue weighted by Gasteiger charge is 1.99. The van der Waals surface area contributed by atoms with Crippen molar-refractivity contribution in [1.82, 2.24) is 4.98 Å². The number of hydrogen-bond donors (Lipinski definition) is 1. The van der Waals surface area contributed by atoms with Gasteiger partial charge in [0.2, 0.25) is 0 Å². The monoisotopic (exact) mass is 245 g/mol. The Balaban J connectivity index is 1.86. The maximum atomic E-state index is 10.3. The van der Waals surface area contributed by atoms with E-state index in [1.165, 1.54) is 0 Å². The first-order chi connectivity index (χ1) is 8.75.